The fourth-order valence-electron chi connectivity index (χ4n) is 3.61. The fraction of sp³-hybridized carbons (Fsp3) is 0.238. The van der Waals surface area contributed by atoms with Crippen LogP contribution in [0.3, 0.4) is 0 Å². The Balaban J connectivity index is 1.72. The van der Waals surface area contributed by atoms with Gasteiger partial charge in [0, 0.05) is 28.1 Å². The third kappa shape index (κ3) is 3.38. The Bertz CT molecular complexity index is 987. The average Bonchev–Trinajstić information content (AvgIpc) is 2.74. The average molecular weight is 456 g/mol. The number of nitrogens with zero attached hydrogens (tertiary/aromatic N) is 3. The first-order chi connectivity index (χ1) is 13.6. The molecule has 4 rings (SSSR count). The van der Waals surface area contributed by atoms with Gasteiger partial charge in [0.2, 0.25) is 5.91 Å². The van der Waals surface area contributed by atoms with Crippen LogP contribution in [0.2, 0.25) is 0 Å². The number of benzene rings is 2. The molecule has 1 atom stereocenters. The van der Waals surface area contributed by atoms with Gasteiger partial charge >= 0.3 is 0 Å². The van der Waals surface area contributed by atoms with Gasteiger partial charge in [0.15, 0.2) is 0 Å². The largest absolute Gasteiger partial charge is 0.496 e. The highest BCUT2D eigenvalue weighted by Gasteiger charge is 2.39. The summed E-state index contributed by atoms with van der Waals surface area (Å²) >= 11 is 5.03. The lowest BCUT2D eigenvalue weighted by atomic mass is 9.86. The maximum Gasteiger partial charge on any atom is 0.229 e. The van der Waals surface area contributed by atoms with Crippen molar-refractivity contribution in [3.05, 3.63) is 69.2 Å². The highest BCUT2D eigenvalue weighted by atomic mass is 79.9. The van der Waals surface area contributed by atoms with Gasteiger partial charge < -0.3 is 9.64 Å². The van der Waals surface area contributed by atoms with Crippen LogP contribution in [-0.2, 0) is 4.79 Å². The maximum atomic E-state index is 13.0. The highest BCUT2D eigenvalue weighted by Crippen LogP contribution is 2.45. The van der Waals surface area contributed by atoms with Crippen LogP contribution < -0.4 is 9.64 Å². The van der Waals surface area contributed by atoms with Crippen LogP contribution in [0.1, 0.15) is 17.9 Å². The molecular formula is C21H18BrN3O2S. The van der Waals surface area contributed by atoms with Crippen LogP contribution in [0.4, 0.5) is 5.69 Å². The zero-order valence-electron chi connectivity index (χ0n) is 15.3. The Morgan fingerprint density at radius 2 is 2.04 bits per heavy atom. The van der Waals surface area contributed by atoms with E-state index in [1.807, 2.05) is 48.5 Å². The fourth-order valence-corrected chi connectivity index (χ4v) is 5.15. The van der Waals surface area contributed by atoms with E-state index in [9.17, 15) is 10.1 Å². The molecular weight excluding hydrogens is 438 g/mol. The summed E-state index contributed by atoms with van der Waals surface area (Å²) in [4.78, 5) is 16.9. The van der Waals surface area contributed by atoms with E-state index in [1.165, 1.54) is 11.8 Å². The van der Waals surface area contributed by atoms with Crippen molar-refractivity contribution in [3.8, 4) is 11.8 Å². The summed E-state index contributed by atoms with van der Waals surface area (Å²) < 4.78 is 6.40. The van der Waals surface area contributed by atoms with Crippen LogP contribution in [0, 0.1) is 11.3 Å². The van der Waals surface area contributed by atoms with Crippen molar-refractivity contribution in [2.75, 3.05) is 24.6 Å². The van der Waals surface area contributed by atoms with Gasteiger partial charge in [-0.3, -0.25) is 9.69 Å². The number of para-hydroxylation sites is 1. The number of allylic oxidation sites excluding steroid dienone is 1. The summed E-state index contributed by atoms with van der Waals surface area (Å²) in [5, 5.41) is 10.7. The number of carbonyl (C=O) groups is 1. The third-order valence-electron chi connectivity index (χ3n) is 4.98. The van der Waals surface area contributed by atoms with Gasteiger partial charge in [0.1, 0.15) is 5.75 Å². The SMILES string of the molecule is COc1ccc(Br)cc1C1CC(=O)N2CN(c3ccccc3)CSC2=C1C#N. The van der Waals surface area contributed by atoms with Gasteiger partial charge in [-0.2, -0.15) is 5.26 Å². The molecule has 0 spiro atoms. The predicted octanol–water partition coefficient (Wildman–Crippen LogP) is 4.68. The molecule has 0 bridgehead atoms. The second-order valence-electron chi connectivity index (χ2n) is 6.59. The Morgan fingerprint density at radius 1 is 1.25 bits per heavy atom. The second-order valence-corrected chi connectivity index (χ2v) is 8.43. The topological polar surface area (TPSA) is 56.6 Å². The Labute approximate surface area is 176 Å². The molecule has 2 aromatic rings. The van der Waals surface area contributed by atoms with Crippen LogP contribution in [0.5, 0.6) is 5.75 Å². The van der Waals surface area contributed by atoms with E-state index in [-0.39, 0.29) is 18.2 Å². The van der Waals surface area contributed by atoms with Crippen LogP contribution in [-0.4, -0.2) is 30.5 Å². The van der Waals surface area contributed by atoms with Crippen molar-refractivity contribution in [1.82, 2.24) is 4.90 Å². The molecule has 0 radical (unpaired) electrons. The van der Waals surface area contributed by atoms with Crippen molar-refractivity contribution in [1.29, 1.82) is 5.26 Å². The number of rotatable bonds is 3. The molecule has 0 aliphatic carbocycles. The predicted molar refractivity (Wildman–Crippen MR) is 114 cm³/mol. The van der Waals surface area contributed by atoms with E-state index in [0.717, 1.165) is 20.8 Å². The molecule has 28 heavy (non-hydrogen) atoms. The lowest BCUT2D eigenvalue weighted by Gasteiger charge is -2.42. The van der Waals surface area contributed by atoms with E-state index < -0.39 is 0 Å². The van der Waals surface area contributed by atoms with E-state index in [4.69, 9.17) is 4.74 Å². The van der Waals surface area contributed by atoms with Gasteiger partial charge in [-0.05, 0) is 30.3 Å². The molecule has 5 nitrogen and oxygen atoms in total. The first kappa shape index (κ1) is 18.9. The number of ether oxygens (including phenoxy) is 1. The summed E-state index contributed by atoms with van der Waals surface area (Å²) in [7, 11) is 1.61. The smallest absolute Gasteiger partial charge is 0.229 e. The third-order valence-corrected chi connectivity index (χ3v) is 6.63. The molecule has 1 amide bonds. The van der Waals surface area contributed by atoms with Gasteiger partial charge in [-0.15, -0.1) is 0 Å². The van der Waals surface area contributed by atoms with Gasteiger partial charge in [-0.25, -0.2) is 0 Å². The van der Waals surface area contributed by atoms with Crippen LogP contribution >= 0.6 is 27.7 Å². The minimum atomic E-state index is -0.299. The monoisotopic (exact) mass is 455 g/mol. The van der Waals surface area contributed by atoms with Gasteiger partial charge in [0.25, 0.3) is 0 Å². The van der Waals surface area contributed by atoms with Gasteiger partial charge in [-0.1, -0.05) is 45.9 Å². The molecule has 7 heteroatoms. The van der Waals surface area contributed by atoms with Crippen molar-refractivity contribution in [3.63, 3.8) is 0 Å². The van der Waals surface area contributed by atoms with Crippen molar-refractivity contribution >= 4 is 39.3 Å². The van der Waals surface area contributed by atoms with Gasteiger partial charge in [0.05, 0.1) is 36.3 Å². The number of hydrogen-bond donors (Lipinski definition) is 0. The van der Waals surface area contributed by atoms with Crippen molar-refractivity contribution in [2.45, 2.75) is 12.3 Å². The molecule has 142 valence electrons. The summed E-state index contributed by atoms with van der Waals surface area (Å²) in [6, 6.07) is 18.1. The van der Waals surface area contributed by atoms with Crippen molar-refractivity contribution < 1.29 is 9.53 Å². The minimum absolute atomic E-state index is 0.0224. The first-order valence-corrected chi connectivity index (χ1v) is 10.6. The number of nitriles is 1. The Kier molecular flexibility index (Phi) is 5.33. The number of anilines is 1. The van der Waals surface area contributed by atoms with E-state index in [2.05, 4.69) is 26.9 Å². The molecule has 1 saturated heterocycles. The number of thioether (sulfide) groups is 1. The molecule has 2 heterocycles. The Hall–Kier alpha value is -2.43. The first-order valence-electron chi connectivity index (χ1n) is 8.83. The minimum Gasteiger partial charge on any atom is -0.496 e. The molecule has 1 unspecified atom stereocenters. The molecule has 1 fully saturated rings. The number of carbonyl (C=O) groups excluding carboxylic acids is 1. The molecule has 0 N–H and O–H groups in total. The molecule has 2 aliphatic rings. The number of halogens is 1. The lowest BCUT2D eigenvalue weighted by molar-refractivity contribution is -0.129. The molecule has 0 aromatic heterocycles. The Morgan fingerprint density at radius 3 is 2.75 bits per heavy atom. The standard InChI is InChI=1S/C21H18BrN3O2S/c1-27-19-8-7-14(22)9-17(19)16-10-20(26)25-12-24(15-5-3-2-4-6-15)13-28-21(25)18(16)11-23/h2-9,16H,10,12-13H2,1H3. The summed E-state index contributed by atoms with van der Waals surface area (Å²) in [5.74, 6) is 1.10. The number of fused-ring (bicyclic) bond motifs is 1. The maximum absolute atomic E-state index is 13.0. The zero-order chi connectivity index (χ0) is 19.7. The molecule has 2 aliphatic heterocycles. The molecule has 0 saturated carbocycles. The zero-order valence-corrected chi connectivity index (χ0v) is 17.7. The molecule has 2 aromatic carbocycles. The number of amides is 1. The summed E-state index contributed by atoms with van der Waals surface area (Å²) in [6.07, 6.45) is 0.252. The van der Waals surface area contributed by atoms with Crippen LogP contribution in [0.15, 0.2) is 63.6 Å². The van der Waals surface area contributed by atoms with Crippen LogP contribution in [0.25, 0.3) is 0 Å². The van der Waals surface area contributed by atoms with E-state index >= 15 is 0 Å². The number of hydrogen-bond acceptors (Lipinski definition) is 5. The normalized spacial score (nSPS) is 19.3. The summed E-state index contributed by atoms with van der Waals surface area (Å²) in [6.45, 7) is 0.457. The summed E-state index contributed by atoms with van der Waals surface area (Å²) in [5.41, 5.74) is 2.56. The van der Waals surface area contributed by atoms with Crippen molar-refractivity contribution in [2.24, 2.45) is 0 Å². The van der Waals surface area contributed by atoms with E-state index in [1.54, 1.807) is 12.0 Å². The lowest BCUT2D eigenvalue weighted by Crippen LogP contribution is -2.47. The quantitative estimate of drug-likeness (QED) is 0.672. The van der Waals surface area contributed by atoms with E-state index in [0.29, 0.717) is 23.9 Å². The second kappa shape index (κ2) is 7.90. The highest BCUT2D eigenvalue weighted by molar-refractivity contribution is 9.10. The number of methoxy groups -OCH3 is 1.